The van der Waals surface area contributed by atoms with Gasteiger partial charge in [0.25, 0.3) is 11.8 Å². The molecule has 3 N–H and O–H groups in total. The van der Waals surface area contributed by atoms with E-state index < -0.39 is 69.3 Å². The van der Waals surface area contributed by atoms with Gasteiger partial charge in [-0.15, -0.1) is 5.11 Å². The summed E-state index contributed by atoms with van der Waals surface area (Å²) in [6.45, 7) is 1.85. The SMILES string of the molecule is [B]C([B])([B])C([B])([B])N[C@@H]1C[C@@H]2CN(CC)C(=O)c3c(O)c(=O)c(C(=O)NCc4ccc(F)cc4F)c1n32. The van der Waals surface area contributed by atoms with Crippen molar-refractivity contribution < 1.29 is 23.5 Å². The number of aromatic hydroxyl groups is 1. The van der Waals surface area contributed by atoms with Crippen LogP contribution < -0.4 is 16.1 Å². The molecule has 15 heteroatoms. The lowest BCUT2D eigenvalue weighted by atomic mass is 9.26. The maximum Gasteiger partial charge on any atom is 0.274 e. The van der Waals surface area contributed by atoms with Crippen LogP contribution in [0.25, 0.3) is 0 Å². The average molecular weight is 495 g/mol. The molecule has 4 rings (SSSR count). The highest BCUT2D eigenvalue weighted by Crippen LogP contribution is 2.43. The molecule has 2 atom stereocenters. The summed E-state index contributed by atoms with van der Waals surface area (Å²) < 4.78 is 28.7. The van der Waals surface area contributed by atoms with E-state index in [0.717, 1.165) is 12.1 Å². The third-order valence-electron chi connectivity index (χ3n) is 6.74. The lowest BCUT2D eigenvalue weighted by Gasteiger charge is -2.45. The molecule has 2 amide bonds. The van der Waals surface area contributed by atoms with Gasteiger partial charge in [0, 0.05) is 37.3 Å². The Kier molecular flexibility index (Phi) is 6.90. The monoisotopic (exact) mass is 496 g/mol. The molecule has 0 aliphatic carbocycles. The van der Waals surface area contributed by atoms with Crippen LogP contribution in [0, 0.1) is 11.6 Å². The Morgan fingerprint density at radius 2 is 1.86 bits per heavy atom. The van der Waals surface area contributed by atoms with Crippen LogP contribution >= 0.6 is 0 Å². The number of carbonyl (C=O) groups excluding carboxylic acids is 2. The molecule has 1 aromatic heterocycles. The number of likely N-dealkylation sites (N-methyl/N-ethyl adjacent to an activating group) is 1. The van der Waals surface area contributed by atoms with Gasteiger partial charge in [-0.2, -0.15) is 0 Å². The van der Waals surface area contributed by atoms with E-state index in [1.807, 2.05) is 0 Å². The second-order valence-electron chi connectivity index (χ2n) is 9.31. The van der Waals surface area contributed by atoms with Gasteiger partial charge in [-0.3, -0.25) is 14.4 Å². The zero-order chi connectivity index (χ0) is 27.4. The van der Waals surface area contributed by atoms with Crippen molar-refractivity contribution in [2.45, 2.75) is 42.4 Å². The lowest BCUT2D eigenvalue weighted by Crippen LogP contribution is -2.58. The first-order valence-electron chi connectivity index (χ1n) is 11.4. The topological polar surface area (TPSA) is 104 Å². The van der Waals surface area contributed by atoms with Crippen molar-refractivity contribution in [3.63, 3.8) is 0 Å². The molecule has 0 spiro atoms. The predicted molar refractivity (Wildman–Crippen MR) is 135 cm³/mol. The summed E-state index contributed by atoms with van der Waals surface area (Å²) in [6.07, 6.45) is 0.179. The minimum atomic E-state index is -2.13. The third-order valence-corrected chi connectivity index (χ3v) is 6.74. The molecule has 3 heterocycles. The smallest absolute Gasteiger partial charge is 0.274 e. The third kappa shape index (κ3) is 4.62. The van der Waals surface area contributed by atoms with Crippen LogP contribution in [0.4, 0.5) is 8.78 Å². The molecular weight excluding hydrogens is 476 g/mol. The molecule has 0 bridgehead atoms. The number of benzene rings is 1. The minimum Gasteiger partial charge on any atom is -0.503 e. The highest BCUT2D eigenvalue weighted by Gasteiger charge is 2.46. The van der Waals surface area contributed by atoms with Gasteiger partial charge in [-0.05, 0) is 19.4 Å². The summed E-state index contributed by atoms with van der Waals surface area (Å²) in [5.41, 5.74) is -1.97. The zero-order valence-electron chi connectivity index (χ0n) is 19.9. The Morgan fingerprint density at radius 1 is 1.19 bits per heavy atom. The molecule has 8 nitrogen and oxygen atoms in total. The average Bonchev–Trinajstić information content (AvgIpc) is 3.13. The van der Waals surface area contributed by atoms with E-state index in [-0.39, 0.29) is 29.9 Å². The number of nitrogens with zero attached hydrogens (tertiary/aromatic N) is 2. The van der Waals surface area contributed by atoms with Gasteiger partial charge >= 0.3 is 0 Å². The fourth-order valence-corrected chi connectivity index (χ4v) is 4.72. The summed E-state index contributed by atoms with van der Waals surface area (Å²) >= 11 is 0. The molecule has 0 saturated carbocycles. The van der Waals surface area contributed by atoms with Crippen LogP contribution in [0.5, 0.6) is 5.75 Å². The fraction of sp³-hybridized carbons (Fsp3) is 0.409. The zero-order valence-corrected chi connectivity index (χ0v) is 19.9. The summed E-state index contributed by atoms with van der Waals surface area (Å²) in [5, 5.41) is 11.7. The standard InChI is InChI=1S/C22H19B5F2N4O4/c1-2-32-8-11-6-13(31-22(26,27)21(23,24)25)15-14(17(34)18(35)16(20(32)37)33(11)15)19(36)30-7-9-3-4-10(28)5-12(9)29/h3-5,11,13,31,35H,2,6-8H2,1H3,(H,30,36)/t11-,13-/m1/s1. The Morgan fingerprint density at radius 3 is 2.46 bits per heavy atom. The molecule has 1 aromatic carbocycles. The van der Waals surface area contributed by atoms with Crippen molar-refractivity contribution in [2.75, 3.05) is 13.1 Å². The number of pyridine rings is 1. The maximum absolute atomic E-state index is 14.1. The molecule has 0 fully saturated rings. The summed E-state index contributed by atoms with van der Waals surface area (Å²) in [5.74, 6) is -4.19. The van der Waals surface area contributed by atoms with Gasteiger partial charge in [0.05, 0.1) is 51.0 Å². The molecule has 0 unspecified atom stereocenters. The van der Waals surface area contributed by atoms with Crippen LogP contribution in [-0.2, 0) is 6.54 Å². The molecule has 0 saturated heterocycles. The number of aromatic nitrogens is 1. The van der Waals surface area contributed by atoms with Gasteiger partial charge < -0.3 is 25.2 Å². The van der Waals surface area contributed by atoms with E-state index >= 15 is 0 Å². The first kappa shape index (κ1) is 27.1. The van der Waals surface area contributed by atoms with Gasteiger partial charge in [-0.25, -0.2) is 8.78 Å². The molecule has 2 aliphatic heterocycles. The highest BCUT2D eigenvalue weighted by molar-refractivity contribution is 6.67. The Hall–Kier alpha value is -2.95. The van der Waals surface area contributed by atoms with Crippen molar-refractivity contribution >= 4 is 51.0 Å². The van der Waals surface area contributed by atoms with Crippen LogP contribution in [0.15, 0.2) is 23.0 Å². The number of halogens is 2. The van der Waals surface area contributed by atoms with E-state index in [4.69, 9.17) is 39.2 Å². The fourth-order valence-electron chi connectivity index (χ4n) is 4.72. The van der Waals surface area contributed by atoms with E-state index in [9.17, 15) is 28.3 Å². The minimum absolute atomic E-state index is 0.00788. The Balaban J connectivity index is 1.82. The number of hydrogen-bond acceptors (Lipinski definition) is 5. The second-order valence-corrected chi connectivity index (χ2v) is 9.31. The number of hydrogen-bond donors (Lipinski definition) is 3. The first-order chi connectivity index (χ1) is 17.2. The van der Waals surface area contributed by atoms with E-state index in [0.29, 0.717) is 12.6 Å². The van der Waals surface area contributed by atoms with Crippen LogP contribution in [0.1, 0.15) is 57.5 Å². The molecular formula is C22H19B5F2N4O4. The Labute approximate surface area is 218 Å². The molecule has 37 heavy (non-hydrogen) atoms. The van der Waals surface area contributed by atoms with Crippen LogP contribution in [-0.4, -0.2) is 84.0 Å². The highest BCUT2D eigenvalue weighted by atomic mass is 19.1. The van der Waals surface area contributed by atoms with E-state index in [2.05, 4.69) is 10.6 Å². The summed E-state index contributed by atoms with van der Waals surface area (Å²) in [6, 6.07) is 1.37. The molecule has 180 valence electrons. The normalized spacial score (nSPS) is 19.1. The number of nitrogens with one attached hydrogen (secondary N) is 2. The van der Waals surface area contributed by atoms with Gasteiger partial charge in [0.1, 0.15) is 17.2 Å². The maximum atomic E-state index is 14.1. The van der Waals surface area contributed by atoms with Gasteiger partial charge in [0.2, 0.25) is 5.43 Å². The molecule has 2 aromatic rings. The summed E-state index contributed by atoms with van der Waals surface area (Å²) in [4.78, 5) is 41.0. The molecule has 2 aliphatic rings. The largest absolute Gasteiger partial charge is 0.503 e. The number of rotatable bonds is 7. The van der Waals surface area contributed by atoms with Crippen molar-refractivity contribution in [1.29, 1.82) is 0 Å². The predicted octanol–water partition coefficient (Wildman–Crippen LogP) is -0.617. The molecule has 10 radical (unpaired) electrons. The quantitative estimate of drug-likeness (QED) is 0.445. The Bertz CT molecular complexity index is 1350. The van der Waals surface area contributed by atoms with Crippen molar-refractivity contribution in [2.24, 2.45) is 0 Å². The second kappa shape index (κ2) is 9.42. The summed E-state index contributed by atoms with van der Waals surface area (Å²) in [7, 11) is 29.1. The van der Waals surface area contributed by atoms with Crippen molar-refractivity contribution in [3.8, 4) is 5.75 Å². The van der Waals surface area contributed by atoms with Gasteiger partial charge in [-0.1, -0.05) is 11.4 Å². The van der Waals surface area contributed by atoms with Crippen molar-refractivity contribution in [1.82, 2.24) is 20.1 Å². The number of carbonyl (C=O) groups is 2. The number of amides is 2. The van der Waals surface area contributed by atoms with E-state index in [1.54, 1.807) is 6.92 Å². The van der Waals surface area contributed by atoms with Crippen LogP contribution in [0.3, 0.4) is 0 Å². The van der Waals surface area contributed by atoms with Crippen molar-refractivity contribution in [3.05, 3.63) is 62.6 Å². The lowest BCUT2D eigenvalue weighted by molar-refractivity contribution is 0.0674. The first-order valence-corrected chi connectivity index (χ1v) is 11.4. The van der Waals surface area contributed by atoms with Gasteiger partial charge in [0.15, 0.2) is 11.4 Å². The van der Waals surface area contributed by atoms with Crippen LogP contribution in [0.2, 0.25) is 5.11 Å². The van der Waals surface area contributed by atoms with E-state index in [1.165, 1.54) is 9.47 Å².